The lowest BCUT2D eigenvalue weighted by atomic mass is 9.94. The Kier molecular flexibility index (Phi) is 3.63. The number of benzene rings is 2. The molecule has 0 aliphatic rings. The minimum atomic E-state index is -0.381. The van der Waals surface area contributed by atoms with Crippen molar-refractivity contribution in [3.8, 4) is 17.2 Å². The van der Waals surface area contributed by atoms with E-state index >= 15 is 0 Å². The SMILES string of the molecule is COC(=O)c1cccc(-c2c(C)cccc2C#N)c1. The molecule has 0 fully saturated rings. The minimum Gasteiger partial charge on any atom is -0.465 e. The first-order chi connectivity index (χ1) is 9.17. The molecule has 0 N–H and O–H groups in total. The number of ether oxygens (including phenoxy) is 1. The Labute approximate surface area is 112 Å². The number of hydrogen-bond acceptors (Lipinski definition) is 3. The van der Waals surface area contributed by atoms with Crippen LogP contribution in [0.4, 0.5) is 0 Å². The Morgan fingerprint density at radius 2 is 1.95 bits per heavy atom. The number of esters is 1. The van der Waals surface area contributed by atoms with Crippen LogP contribution in [0, 0.1) is 18.3 Å². The summed E-state index contributed by atoms with van der Waals surface area (Å²) >= 11 is 0. The van der Waals surface area contributed by atoms with Crippen molar-refractivity contribution in [3.05, 3.63) is 59.2 Å². The Balaban J connectivity index is 2.60. The largest absolute Gasteiger partial charge is 0.465 e. The van der Waals surface area contributed by atoms with E-state index in [4.69, 9.17) is 4.74 Å². The molecule has 0 heterocycles. The smallest absolute Gasteiger partial charge is 0.337 e. The molecule has 0 bridgehead atoms. The summed E-state index contributed by atoms with van der Waals surface area (Å²) in [5, 5.41) is 9.19. The van der Waals surface area contributed by atoms with Gasteiger partial charge in [0.2, 0.25) is 0 Å². The fourth-order valence-electron chi connectivity index (χ4n) is 2.06. The number of carbonyl (C=O) groups is 1. The van der Waals surface area contributed by atoms with Gasteiger partial charge in [-0.2, -0.15) is 5.26 Å². The van der Waals surface area contributed by atoms with Gasteiger partial charge in [-0.3, -0.25) is 0 Å². The van der Waals surface area contributed by atoms with Gasteiger partial charge in [-0.05, 0) is 36.2 Å². The van der Waals surface area contributed by atoms with Crippen molar-refractivity contribution >= 4 is 5.97 Å². The van der Waals surface area contributed by atoms with Gasteiger partial charge in [0, 0.05) is 5.56 Å². The van der Waals surface area contributed by atoms with Crippen molar-refractivity contribution < 1.29 is 9.53 Å². The molecule has 0 saturated carbocycles. The maximum atomic E-state index is 11.5. The predicted molar refractivity (Wildman–Crippen MR) is 72.7 cm³/mol. The fraction of sp³-hybridized carbons (Fsp3) is 0.125. The van der Waals surface area contributed by atoms with Gasteiger partial charge in [-0.15, -0.1) is 0 Å². The van der Waals surface area contributed by atoms with E-state index < -0.39 is 0 Å². The van der Waals surface area contributed by atoms with Crippen LogP contribution in [-0.4, -0.2) is 13.1 Å². The fourth-order valence-corrected chi connectivity index (χ4v) is 2.06. The quantitative estimate of drug-likeness (QED) is 0.769. The van der Waals surface area contributed by atoms with E-state index in [1.165, 1.54) is 7.11 Å². The number of carbonyl (C=O) groups excluding carboxylic acids is 1. The van der Waals surface area contributed by atoms with E-state index in [0.29, 0.717) is 11.1 Å². The van der Waals surface area contributed by atoms with E-state index in [2.05, 4.69) is 6.07 Å². The van der Waals surface area contributed by atoms with E-state index in [0.717, 1.165) is 16.7 Å². The van der Waals surface area contributed by atoms with Crippen LogP contribution in [0.2, 0.25) is 0 Å². The third-order valence-electron chi connectivity index (χ3n) is 2.97. The molecule has 0 aromatic heterocycles. The Hall–Kier alpha value is -2.60. The van der Waals surface area contributed by atoms with Gasteiger partial charge in [0.1, 0.15) is 0 Å². The predicted octanol–water partition coefficient (Wildman–Crippen LogP) is 3.32. The zero-order valence-electron chi connectivity index (χ0n) is 10.8. The second kappa shape index (κ2) is 5.36. The van der Waals surface area contributed by atoms with Crippen molar-refractivity contribution in [2.24, 2.45) is 0 Å². The average Bonchev–Trinajstić information content (AvgIpc) is 2.46. The zero-order chi connectivity index (χ0) is 13.8. The van der Waals surface area contributed by atoms with Crippen LogP contribution in [0.25, 0.3) is 11.1 Å². The van der Waals surface area contributed by atoms with E-state index in [-0.39, 0.29) is 5.97 Å². The highest BCUT2D eigenvalue weighted by molar-refractivity contribution is 5.91. The third-order valence-corrected chi connectivity index (χ3v) is 2.97. The number of methoxy groups -OCH3 is 1. The number of aryl methyl sites for hydroxylation is 1. The lowest BCUT2D eigenvalue weighted by Crippen LogP contribution is -2.01. The van der Waals surface area contributed by atoms with Crippen LogP contribution in [0.15, 0.2) is 42.5 Å². The number of nitrogens with zero attached hydrogens (tertiary/aromatic N) is 1. The maximum absolute atomic E-state index is 11.5. The summed E-state index contributed by atoms with van der Waals surface area (Å²) in [6.07, 6.45) is 0. The molecule has 0 radical (unpaired) electrons. The first-order valence-electron chi connectivity index (χ1n) is 5.86. The van der Waals surface area contributed by atoms with Crippen LogP contribution in [0.1, 0.15) is 21.5 Å². The second-order valence-corrected chi connectivity index (χ2v) is 4.18. The van der Waals surface area contributed by atoms with Gasteiger partial charge >= 0.3 is 5.97 Å². The minimum absolute atomic E-state index is 0.381. The monoisotopic (exact) mass is 251 g/mol. The number of nitriles is 1. The van der Waals surface area contributed by atoms with Crippen molar-refractivity contribution in [2.45, 2.75) is 6.92 Å². The van der Waals surface area contributed by atoms with E-state index in [9.17, 15) is 10.1 Å². The lowest BCUT2D eigenvalue weighted by Gasteiger charge is -2.09. The van der Waals surface area contributed by atoms with E-state index in [1.807, 2.05) is 25.1 Å². The van der Waals surface area contributed by atoms with Crippen LogP contribution >= 0.6 is 0 Å². The summed E-state index contributed by atoms with van der Waals surface area (Å²) in [5.41, 5.74) is 3.78. The average molecular weight is 251 g/mol. The molecule has 0 spiro atoms. The summed E-state index contributed by atoms with van der Waals surface area (Å²) in [5.74, 6) is -0.381. The molecule has 0 aliphatic carbocycles. The molecule has 0 aliphatic heterocycles. The molecule has 2 rings (SSSR count). The molecule has 0 atom stereocenters. The van der Waals surface area contributed by atoms with Gasteiger partial charge < -0.3 is 4.74 Å². The highest BCUT2D eigenvalue weighted by Crippen LogP contribution is 2.27. The standard InChI is InChI=1S/C16H13NO2/c1-11-5-3-8-14(10-17)15(11)12-6-4-7-13(9-12)16(18)19-2/h3-9H,1-2H3. The molecule has 0 amide bonds. The molecule has 3 heteroatoms. The molecule has 0 unspecified atom stereocenters. The van der Waals surface area contributed by atoms with Crippen molar-refractivity contribution in [1.29, 1.82) is 5.26 Å². The summed E-state index contributed by atoms with van der Waals surface area (Å²) in [6.45, 7) is 1.95. The lowest BCUT2D eigenvalue weighted by molar-refractivity contribution is 0.0601. The molecule has 2 aromatic rings. The van der Waals surface area contributed by atoms with Crippen molar-refractivity contribution in [3.63, 3.8) is 0 Å². The molecular weight excluding hydrogens is 238 g/mol. The molecule has 94 valence electrons. The number of hydrogen-bond donors (Lipinski definition) is 0. The zero-order valence-corrected chi connectivity index (χ0v) is 10.8. The van der Waals surface area contributed by atoms with Gasteiger partial charge in [-0.25, -0.2) is 4.79 Å². The second-order valence-electron chi connectivity index (χ2n) is 4.18. The number of rotatable bonds is 2. The summed E-state index contributed by atoms with van der Waals surface area (Å²) in [4.78, 5) is 11.5. The first-order valence-corrected chi connectivity index (χ1v) is 5.86. The van der Waals surface area contributed by atoms with Crippen LogP contribution in [-0.2, 0) is 4.74 Å². The topological polar surface area (TPSA) is 50.1 Å². The Morgan fingerprint density at radius 3 is 2.63 bits per heavy atom. The Morgan fingerprint density at radius 1 is 1.21 bits per heavy atom. The van der Waals surface area contributed by atoms with Crippen LogP contribution in [0.3, 0.4) is 0 Å². The first kappa shape index (κ1) is 12.8. The Bertz CT molecular complexity index is 669. The molecular formula is C16H13NO2. The summed E-state index contributed by atoms with van der Waals surface area (Å²) in [7, 11) is 1.35. The molecule has 2 aromatic carbocycles. The van der Waals surface area contributed by atoms with Gasteiger partial charge in [-0.1, -0.05) is 24.3 Å². The van der Waals surface area contributed by atoms with Crippen LogP contribution < -0.4 is 0 Å². The highest BCUT2D eigenvalue weighted by atomic mass is 16.5. The normalized spacial score (nSPS) is 9.74. The molecule has 3 nitrogen and oxygen atoms in total. The van der Waals surface area contributed by atoms with Crippen LogP contribution in [0.5, 0.6) is 0 Å². The van der Waals surface area contributed by atoms with Crippen molar-refractivity contribution in [1.82, 2.24) is 0 Å². The highest BCUT2D eigenvalue weighted by Gasteiger charge is 2.11. The van der Waals surface area contributed by atoms with Gasteiger partial charge in [0.25, 0.3) is 0 Å². The summed E-state index contributed by atoms with van der Waals surface area (Å²) < 4.78 is 4.71. The molecule has 19 heavy (non-hydrogen) atoms. The van der Waals surface area contributed by atoms with E-state index in [1.54, 1.807) is 24.3 Å². The van der Waals surface area contributed by atoms with Crippen molar-refractivity contribution in [2.75, 3.05) is 7.11 Å². The maximum Gasteiger partial charge on any atom is 0.337 e. The third kappa shape index (κ3) is 2.48. The summed E-state index contributed by atoms with van der Waals surface area (Å²) in [6, 6.07) is 14.9. The van der Waals surface area contributed by atoms with Gasteiger partial charge in [0.15, 0.2) is 0 Å². The molecule has 0 saturated heterocycles. The van der Waals surface area contributed by atoms with Gasteiger partial charge in [0.05, 0.1) is 24.3 Å².